The molecule has 0 saturated carbocycles. The lowest BCUT2D eigenvalue weighted by atomic mass is 10.2. The van der Waals surface area contributed by atoms with E-state index in [4.69, 9.17) is 0 Å². The number of aromatic nitrogens is 2. The fourth-order valence-corrected chi connectivity index (χ4v) is 3.17. The normalized spacial score (nSPS) is 13.4. The van der Waals surface area contributed by atoms with Crippen molar-refractivity contribution >= 4 is 27.5 Å². The highest BCUT2D eigenvalue weighted by Gasteiger charge is 2.21. The van der Waals surface area contributed by atoms with Crippen molar-refractivity contribution in [1.29, 1.82) is 0 Å². The Bertz CT molecular complexity index is 1020. The lowest BCUT2D eigenvalue weighted by Crippen LogP contribution is -2.40. The van der Waals surface area contributed by atoms with Crippen LogP contribution >= 0.6 is 15.9 Å². The van der Waals surface area contributed by atoms with Gasteiger partial charge in [-0.05, 0) is 33.6 Å². The molecule has 1 aliphatic rings. The average molecular weight is 428 g/mol. The van der Waals surface area contributed by atoms with Gasteiger partial charge < -0.3 is 0 Å². The SMILES string of the molecule is O=[N+]([O-])c1ccc(CN2NNN=C2c2cnn(-c3ccccc3Br)c2)cc1. The number of halogens is 1. The Hall–Kier alpha value is -3.24. The zero-order valence-corrected chi connectivity index (χ0v) is 15.5. The molecule has 27 heavy (non-hydrogen) atoms. The molecule has 0 saturated heterocycles. The smallest absolute Gasteiger partial charge is 0.266 e. The summed E-state index contributed by atoms with van der Waals surface area (Å²) in [5.74, 6) is 0.673. The first-order valence-electron chi connectivity index (χ1n) is 8.01. The van der Waals surface area contributed by atoms with E-state index in [-0.39, 0.29) is 5.69 Å². The summed E-state index contributed by atoms with van der Waals surface area (Å²) in [6.07, 6.45) is 3.62. The molecule has 10 heteroatoms. The van der Waals surface area contributed by atoms with Gasteiger partial charge in [0.1, 0.15) is 0 Å². The first-order chi connectivity index (χ1) is 13.1. The van der Waals surface area contributed by atoms with E-state index in [1.165, 1.54) is 12.1 Å². The summed E-state index contributed by atoms with van der Waals surface area (Å²) in [5, 5.41) is 21.3. The van der Waals surface area contributed by atoms with Gasteiger partial charge in [-0.15, -0.1) is 10.6 Å². The second kappa shape index (κ2) is 7.17. The van der Waals surface area contributed by atoms with E-state index in [1.54, 1.807) is 23.0 Å². The van der Waals surface area contributed by atoms with E-state index >= 15 is 0 Å². The number of nitrogens with zero attached hydrogens (tertiary/aromatic N) is 5. The summed E-state index contributed by atoms with van der Waals surface area (Å²) in [6.45, 7) is 0.476. The maximum absolute atomic E-state index is 10.8. The molecule has 3 aromatic rings. The Morgan fingerprint density at radius 2 is 1.93 bits per heavy atom. The lowest BCUT2D eigenvalue weighted by Gasteiger charge is -2.18. The van der Waals surface area contributed by atoms with Crippen molar-refractivity contribution in [3.63, 3.8) is 0 Å². The number of nitrogens with one attached hydrogen (secondary N) is 2. The number of hydrogen-bond acceptors (Lipinski definition) is 7. The van der Waals surface area contributed by atoms with Crippen molar-refractivity contribution in [1.82, 2.24) is 25.9 Å². The standard InChI is InChI=1S/C17H14BrN7O2/c18-15-3-1-2-4-16(15)23-11-13(9-19-23)17-20-21-22-24(17)10-12-5-7-14(8-6-12)25(26)27/h1-9,11,21-22H,10H2. The molecular weight excluding hydrogens is 414 g/mol. The number of para-hydroxylation sites is 1. The second-order valence-electron chi connectivity index (χ2n) is 5.79. The van der Waals surface area contributed by atoms with Crippen molar-refractivity contribution < 1.29 is 4.92 Å². The van der Waals surface area contributed by atoms with Gasteiger partial charge in [0.05, 0.1) is 28.9 Å². The van der Waals surface area contributed by atoms with E-state index < -0.39 is 4.92 Å². The van der Waals surface area contributed by atoms with Crippen molar-refractivity contribution in [3.8, 4) is 5.69 Å². The summed E-state index contributed by atoms with van der Waals surface area (Å²) in [6, 6.07) is 14.2. The van der Waals surface area contributed by atoms with Crippen LogP contribution in [0.15, 0.2) is 70.5 Å². The van der Waals surface area contributed by atoms with E-state index in [0.717, 1.165) is 21.3 Å². The molecule has 2 N–H and O–H groups in total. The molecule has 1 aromatic heterocycles. The van der Waals surface area contributed by atoms with Gasteiger partial charge in [0.2, 0.25) is 0 Å². The summed E-state index contributed by atoms with van der Waals surface area (Å²) >= 11 is 3.52. The van der Waals surface area contributed by atoms with Gasteiger partial charge in [-0.3, -0.25) is 15.1 Å². The largest absolute Gasteiger partial charge is 0.269 e. The minimum Gasteiger partial charge on any atom is -0.266 e. The molecule has 2 heterocycles. The highest BCUT2D eigenvalue weighted by molar-refractivity contribution is 9.10. The van der Waals surface area contributed by atoms with Gasteiger partial charge in [0.15, 0.2) is 5.84 Å². The summed E-state index contributed by atoms with van der Waals surface area (Å²) in [5.41, 5.74) is 8.41. The van der Waals surface area contributed by atoms with E-state index in [1.807, 2.05) is 35.5 Å². The van der Waals surface area contributed by atoms with Crippen LogP contribution in [0, 0.1) is 10.1 Å². The zero-order chi connectivity index (χ0) is 18.8. The molecule has 1 aliphatic heterocycles. The fraction of sp³-hybridized carbons (Fsp3) is 0.0588. The van der Waals surface area contributed by atoms with Crippen molar-refractivity contribution in [2.75, 3.05) is 0 Å². The van der Waals surface area contributed by atoms with Crippen molar-refractivity contribution in [2.24, 2.45) is 5.10 Å². The van der Waals surface area contributed by atoms with Crippen LogP contribution in [0.4, 0.5) is 5.69 Å². The van der Waals surface area contributed by atoms with Gasteiger partial charge in [0.25, 0.3) is 5.69 Å². The topological polar surface area (TPSA) is 101 Å². The Kier molecular flexibility index (Phi) is 4.57. The molecule has 0 atom stereocenters. The first kappa shape index (κ1) is 17.2. The summed E-state index contributed by atoms with van der Waals surface area (Å²) < 4.78 is 2.71. The quantitative estimate of drug-likeness (QED) is 0.479. The fourth-order valence-electron chi connectivity index (χ4n) is 2.70. The number of non-ortho nitro benzene ring substituents is 1. The summed E-state index contributed by atoms with van der Waals surface area (Å²) in [4.78, 5) is 10.4. The lowest BCUT2D eigenvalue weighted by molar-refractivity contribution is -0.384. The van der Waals surface area contributed by atoms with Crippen LogP contribution in [0.5, 0.6) is 0 Å². The third-order valence-corrected chi connectivity index (χ3v) is 4.70. The molecule has 0 unspecified atom stereocenters. The number of hydrazine groups is 2. The number of amidine groups is 1. The molecule has 0 aliphatic carbocycles. The minimum absolute atomic E-state index is 0.0647. The number of benzene rings is 2. The van der Waals surface area contributed by atoms with Gasteiger partial charge in [-0.1, -0.05) is 24.3 Å². The predicted octanol–water partition coefficient (Wildman–Crippen LogP) is 2.73. The highest BCUT2D eigenvalue weighted by atomic mass is 79.9. The van der Waals surface area contributed by atoms with Crippen LogP contribution in [-0.2, 0) is 6.54 Å². The van der Waals surface area contributed by atoms with Crippen LogP contribution < -0.4 is 11.1 Å². The average Bonchev–Trinajstić information content (AvgIpc) is 3.32. The van der Waals surface area contributed by atoms with E-state index in [9.17, 15) is 10.1 Å². The first-order valence-corrected chi connectivity index (χ1v) is 8.80. The van der Waals surface area contributed by atoms with Gasteiger partial charge >= 0.3 is 0 Å². The summed E-state index contributed by atoms with van der Waals surface area (Å²) in [7, 11) is 0. The minimum atomic E-state index is -0.414. The molecule has 0 spiro atoms. The molecule has 136 valence electrons. The Morgan fingerprint density at radius 1 is 1.15 bits per heavy atom. The van der Waals surface area contributed by atoms with Crippen LogP contribution in [0.2, 0.25) is 0 Å². The number of rotatable bonds is 5. The molecular formula is C17H14BrN7O2. The Morgan fingerprint density at radius 3 is 2.67 bits per heavy atom. The Balaban J connectivity index is 1.54. The maximum atomic E-state index is 10.8. The number of nitro groups is 1. The highest BCUT2D eigenvalue weighted by Crippen LogP contribution is 2.21. The van der Waals surface area contributed by atoms with Gasteiger partial charge in [-0.25, -0.2) is 10.2 Å². The monoisotopic (exact) mass is 427 g/mol. The molecule has 2 aromatic carbocycles. The number of nitro benzene ring substituents is 1. The third kappa shape index (κ3) is 3.52. The zero-order valence-electron chi connectivity index (χ0n) is 13.9. The number of hydrazone groups is 1. The van der Waals surface area contributed by atoms with Gasteiger partial charge in [0, 0.05) is 22.8 Å². The third-order valence-electron chi connectivity index (χ3n) is 4.03. The van der Waals surface area contributed by atoms with E-state index in [2.05, 4.69) is 37.2 Å². The van der Waals surface area contributed by atoms with Crippen LogP contribution in [0.3, 0.4) is 0 Å². The second-order valence-corrected chi connectivity index (χ2v) is 6.65. The Labute approximate surface area is 162 Å². The van der Waals surface area contributed by atoms with Crippen molar-refractivity contribution in [3.05, 3.63) is 86.6 Å². The molecule has 0 fully saturated rings. The molecule has 9 nitrogen and oxygen atoms in total. The van der Waals surface area contributed by atoms with E-state index in [0.29, 0.717) is 12.4 Å². The van der Waals surface area contributed by atoms with Gasteiger partial charge in [-0.2, -0.15) is 5.10 Å². The van der Waals surface area contributed by atoms with Crippen LogP contribution in [0.25, 0.3) is 5.69 Å². The van der Waals surface area contributed by atoms with Crippen LogP contribution in [-0.4, -0.2) is 25.5 Å². The number of hydrogen-bond donors (Lipinski definition) is 2. The molecule has 4 rings (SSSR count). The van der Waals surface area contributed by atoms with Crippen LogP contribution in [0.1, 0.15) is 11.1 Å². The molecule has 0 amide bonds. The molecule has 0 bridgehead atoms. The van der Waals surface area contributed by atoms with Crippen molar-refractivity contribution in [2.45, 2.75) is 6.54 Å². The maximum Gasteiger partial charge on any atom is 0.269 e. The predicted molar refractivity (Wildman–Crippen MR) is 103 cm³/mol. The molecule has 0 radical (unpaired) electrons.